The molecule has 1 rings (SSSR count). The van der Waals surface area contributed by atoms with Crippen molar-refractivity contribution in [3.05, 3.63) is 23.8 Å². The van der Waals surface area contributed by atoms with Crippen molar-refractivity contribution in [2.24, 2.45) is 0 Å². The predicted octanol–water partition coefficient (Wildman–Crippen LogP) is 0.364. The molecule has 0 saturated heterocycles. The monoisotopic (exact) mass is 239 g/mol. The minimum Gasteiger partial charge on any atom is -0.480 e. The molecule has 0 spiro atoms. The van der Waals surface area contributed by atoms with Crippen molar-refractivity contribution in [2.75, 3.05) is 13.7 Å². The van der Waals surface area contributed by atoms with E-state index in [0.29, 0.717) is 12.4 Å². The topological polar surface area (TPSA) is 84.3 Å². The zero-order valence-electron chi connectivity index (χ0n) is 10.2. The average molecular weight is 239 g/mol. The molecule has 1 aromatic rings. The van der Waals surface area contributed by atoms with Gasteiger partial charge in [-0.1, -0.05) is 0 Å². The Bertz CT molecular complexity index is 397. The van der Waals surface area contributed by atoms with Crippen LogP contribution >= 0.6 is 0 Å². The fraction of sp³-hybridized carbons (Fsp3) is 0.545. The van der Waals surface area contributed by atoms with Gasteiger partial charge in [-0.05, 0) is 19.9 Å². The Kier molecular flexibility index (Phi) is 4.53. The minimum absolute atomic E-state index is 0.0897. The van der Waals surface area contributed by atoms with Crippen LogP contribution in [0.3, 0.4) is 0 Å². The summed E-state index contributed by atoms with van der Waals surface area (Å²) in [5, 5.41) is 12.0. The van der Waals surface area contributed by atoms with Gasteiger partial charge in [-0.2, -0.15) is 0 Å². The van der Waals surface area contributed by atoms with Crippen LogP contribution in [0, 0.1) is 6.92 Å². The minimum atomic E-state index is -1.12. The van der Waals surface area contributed by atoms with E-state index in [4.69, 9.17) is 9.84 Å². The van der Waals surface area contributed by atoms with Gasteiger partial charge in [0.15, 0.2) is 0 Å². The number of hydrogen-bond acceptors (Lipinski definition) is 5. The highest BCUT2D eigenvalue weighted by Crippen LogP contribution is 2.06. The molecule has 1 atom stereocenters. The van der Waals surface area contributed by atoms with Crippen LogP contribution in [-0.2, 0) is 16.1 Å². The number of aromatic nitrogens is 2. The molecular weight excluding hydrogens is 222 g/mol. The number of carbonyl (C=O) groups is 1. The highest BCUT2D eigenvalue weighted by molar-refractivity contribution is 5.78. The largest absolute Gasteiger partial charge is 0.480 e. The van der Waals surface area contributed by atoms with Crippen LogP contribution in [0.15, 0.2) is 12.3 Å². The van der Waals surface area contributed by atoms with Crippen molar-refractivity contribution in [2.45, 2.75) is 25.9 Å². The van der Waals surface area contributed by atoms with Gasteiger partial charge in [0.25, 0.3) is 0 Å². The molecule has 1 aromatic heterocycles. The molecule has 0 aliphatic rings. The molecule has 17 heavy (non-hydrogen) atoms. The second-order valence-electron chi connectivity index (χ2n) is 4.02. The molecule has 0 fully saturated rings. The first kappa shape index (κ1) is 13.5. The Labute approximate surface area is 100 Å². The van der Waals surface area contributed by atoms with Gasteiger partial charge in [0, 0.05) is 19.9 Å². The number of aryl methyl sites for hydroxylation is 1. The summed E-state index contributed by atoms with van der Waals surface area (Å²) in [5.41, 5.74) is -0.366. The fourth-order valence-electron chi connectivity index (χ4n) is 1.37. The first-order valence-corrected chi connectivity index (χ1v) is 5.24. The van der Waals surface area contributed by atoms with E-state index < -0.39 is 11.5 Å². The number of ether oxygens (including phenoxy) is 1. The molecular formula is C11H17N3O3. The number of nitrogens with zero attached hydrogens (tertiary/aromatic N) is 2. The first-order chi connectivity index (χ1) is 7.98. The summed E-state index contributed by atoms with van der Waals surface area (Å²) in [6.07, 6.45) is 1.65. The van der Waals surface area contributed by atoms with Crippen molar-refractivity contribution in [1.82, 2.24) is 15.3 Å². The fourth-order valence-corrected chi connectivity index (χ4v) is 1.37. The number of methoxy groups -OCH3 is 1. The molecule has 94 valence electrons. The Morgan fingerprint density at radius 2 is 2.35 bits per heavy atom. The van der Waals surface area contributed by atoms with Crippen molar-refractivity contribution in [1.29, 1.82) is 0 Å². The molecule has 0 aliphatic carbocycles. The number of hydrogen-bond donors (Lipinski definition) is 2. The van der Waals surface area contributed by atoms with Crippen LogP contribution in [0.1, 0.15) is 18.4 Å². The molecule has 6 nitrogen and oxygen atoms in total. The lowest BCUT2D eigenvalue weighted by Crippen LogP contribution is -2.52. The van der Waals surface area contributed by atoms with Crippen LogP contribution in [0.5, 0.6) is 0 Å². The highest BCUT2D eigenvalue weighted by atomic mass is 16.5. The van der Waals surface area contributed by atoms with E-state index in [2.05, 4.69) is 15.3 Å². The maximum atomic E-state index is 11.1. The Morgan fingerprint density at radius 1 is 1.65 bits per heavy atom. The third-order valence-electron chi connectivity index (χ3n) is 2.40. The quantitative estimate of drug-likeness (QED) is 0.746. The van der Waals surface area contributed by atoms with E-state index in [0.717, 1.165) is 5.69 Å². The van der Waals surface area contributed by atoms with E-state index in [9.17, 15) is 4.79 Å². The molecule has 0 saturated carbocycles. The number of nitrogens with one attached hydrogen (secondary N) is 1. The molecule has 6 heteroatoms. The van der Waals surface area contributed by atoms with E-state index in [1.165, 1.54) is 7.11 Å². The van der Waals surface area contributed by atoms with Crippen LogP contribution in [0.4, 0.5) is 0 Å². The van der Waals surface area contributed by atoms with Gasteiger partial charge in [-0.15, -0.1) is 0 Å². The highest BCUT2D eigenvalue weighted by Gasteiger charge is 2.32. The average Bonchev–Trinajstić information content (AvgIpc) is 2.27. The molecule has 0 aliphatic heterocycles. The zero-order chi connectivity index (χ0) is 12.9. The summed E-state index contributed by atoms with van der Waals surface area (Å²) in [6, 6.07) is 1.75. The van der Waals surface area contributed by atoms with Crippen molar-refractivity contribution >= 4 is 5.97 Å². The standard InChI is InChI=1S/C11H17N3O3/c1-8-12-5-4-9(14-8)6-13-11(2,7-17-3)10(15)16/h4-5,13H,6-7H2,1-3H3,(H,15,16). The maximum Gasteiger partial charge on any atom is 0.326 e. The summed E-state index contributed by atoms with van der Waals surface area (Å²) < 4.78 is 4.90. The molecule has 0 aromatic carbocycles. The van der Waals surface area contributed by atoms with E-state index in [-0.39, 0.29) is 6.61 Å². The molecule has 1 heterocycles. The second kappa shape index (κ2) is 5.70. The maximum absolute atomic E-state index is 11.1. The predicted molar refractivity (Wildman–Crippen MR) is 61.5 cm³/mol. The van der Waals surface area contributed by atoms with Crippen LogP contribution in [0.25, 0.3) is 0 Å². The lowest BCUT2D eigenvalue weighted by Gasteiger charge is -2.25. The van der Waals surface area contributed by atoms with E-state index >= 15 is 0 Å². The van der Waals surface area contributed by atoms with Gasteiger partial charge in [-0.25, -0.2) is 9.97 Å². The normalized spacial score (nSPS) is 14.3. The summed E-state index contributed by atoms with van der Waals surface area (Å²) in [4.78, 5) is 19.3. The smallest absolute Gasteiger partial charge is 0.326 e. The van der Waals surface area contributed by atoms with Gasteiger partial charge in [-0.3, -0.25) is 10.1 Å². The lowest BCUT2D eigenvalue weighted by atomic mass is 10.0. The molecule has 1 unspecified atom stereocenters. The summed E-state index contributed by atoms with van der Waals surface area (Å²) in [7, 11) is 1.47. The Hall–Kier alpha value is -1.53. The zero-order valence-corrected chi connectivity index (χ0v) is 10.2. The molecule has 0 amide bonds. The molecule has 0 radical (unpaired) electrons. The summed E-state index contributed by atoms with van der Waals surface area (Å²) in [5.74, 6) is -0.293. The summed E-state index contributed by atoms with van der Waals surface area (Å²) in [6.45, 7) is 3.81. The molecule has 0 bridgehead atoms. The van der Waals surface area contributed by atoms with Crippen molar-refractivity contribution in [3.63, 3.8) is 0 Å². The lowest BCUT2D eigenvalue weighted by molar-refractivity contribution is -0.146. The van der Waals surface area contributed by atoms with Gasteiger partial charge >= 0.3 is 5.97 Å². The van der Waals surface area contributed by atoms with Gasteiger partial charge in [0.05, 0.1) is 12.3 Å². The van der Waals surface area contributed by atoms with Crippen LogP contribution in [0.2, 0.25) is 0 Å². The van der Waals surface area contributed by atoms with Gasteiger partial charge < -0.3 is 9.84 Å². The SMILES string of the molecule is COCC(C)(NCc1ccnc(C)n1)C(=O)O. The van der Waals surface area contributed by atoms with E-state index in [1.807, 2.05) is 0 Å². The number of carboxylic acids is 1. The van der Waals surface area contributed by atoms with E-state index in [1.54, 1.807) is 26.1 Å². The number of aliphatic carboxylic acids is 1. The Morgan fingerprint density at radius 3 is 2.88 bits per heavy atom. The third kappa shape index (κ3) is 3.76. The van der Waals surface area contributed by atoms with Crippen LogP contribution < -0.4 is 5.32 Å². The van der Waals surface area contributed by atoms with Crippen LogP contribution in [-0.4, -0.2) is 40.3 Å². The number of carboxylic acid groups (broad SMARTS) is 1. The summed E-state index contributed by atoms with van der Waals surface area (Å²) >= 11 is 0. The van der Waals surface area contributed by atoms with Gasteiger partial charge in [0.1, 0.15) is 11.4 Å². The Balaban J connectivity index is 2.67. The number of rotatable bonds is 6. The molecule has 2 N–H and O–H groups in total. The van der Waals surface area contributed by atoms with Crippen molar-refractivity contribution in [3.8, 4) is 0 Å². The van der Waals surface area contributed by atoms with Crippen molar-refractivity contribution < 1.29 is 14.6 Å². The second-order valence-corrected chi connectivity index (χ2v) is 4.02. The van der Waals surface area contributed by atoms with Gasteiger partial charge in [0.2, 0.25) is 0 Å². The third-order valence-corrected chi connectivity index (χ3v) is 2.40. The first-order valence-electron chi connectivity index (χ1n) is 5.24.